The van der Waals surface area contributed by atoms with Gasteiger partial charge in [-0.3, -0.25) is 4.72 Å². The van der Waals surface area contributed by atoms with Crippen molar-refractivity contribution in [3.63, 3.8) is 0 Å². The number of aryl methyl sites for hydroxylation is 2. The van der Waals surface area contributed by atoms with Gasteiger partial charge < -0.3 is 5.32 Å². The zero-order chi connectivity index (χ0) is 20.6. The van der Waals surface area contributed by atoms with Crippen molar-refractivity contribution >= 4 is 61.3 Å². The van der Waals surface area contributed by atoms with Crippen LogP contribution in [0.1, 0.15) is 11.1 Å². The van der Waals surface area contributed by atoms with Crippen molar-refractivity contribution in [3.8, 4) is 0 Å². The number of benzene rings is 2. The van der Waals surface area contributed by atoms with Crippen molar-refractivity contribution in [2.75, 3.05) is 10.0 Å². The summed E-state index contributed by atoms with van der Waals surface area (Å²) in [7, 11) is -3.85. The molecule has 2 heterocycles. The molecule has 4 aromatic rings. The third-order valence-corrected chi connectivity index (χ3v) is 7.32. The van der Waals surface area contributed by atoms with Crippen LogP contribution in [0.4, 0.5) is 17.3 Å². The van der Waals surface area contributed by atoms with Gasteiger partial charge in [0, 0.05) is 5.69 Å². The molecule has 9 heteroatoms. The number of anilines is 3. The number of hydrogen-bond donors (Lipinski definition) is 2. The smallest absolute Gasteiger partial charge is 0.272 e. The summed E-state index contributed by atoms with van der Waals surface area (Å²) in [5.41, 5.74) is 4.14. The number of nitrogens with one attached hydrogen (secondary N) is 2. The average molecular weight is 445 g/mol. The fourth-order valence-corrected chi connectivity index (χ4v) is 5.27. The summed E-state index contributed by atoms with van der Waals surface area (Å²) in [6.07, 6.45) is 0. The zero-order valence-corrected chi connectivity index (χ0v) is 18.0. The first-order valence-corrected chi connectivity index (χ1v) is 11.4. The highest BCUT2D eigenvalue weighted by Gasteiger charge is 2.21. The Morgan fingerprint density at radius 2 is 1.62 bits per heavy atom. The Bertz CT molecular complexity index is 1320. The van der Waals surface area contributed by atoms with Crippen LogP contribution in [0.2, 0.25) is 4.34 Å². The second-order valence-corrected chi connectivity index (χ2v) is 10.1. The molecule has 0 unspecified atom stereocenters. The quantitative estimate of drug-likeness (QED) is 0.424. The number of sulfonamides is 1. The highest BCUT2D eigenvalue weighted by Crippen LogP contribution is 2.31. The molecule has 2 N–H and O–H groups in total. The molecule has 0 spiro atoms. The molecule has 0 bridgehead atoms. The molecule has 0 amide bonds. The second kappa shape index (κ2) is 7.62. The maximum atomic E-state index is 12.8. The molecule has 0 saturated heterocycles. The Balaban J connectivity index is 1.81. The van der Waals surface area contributed by atoms with Crippen molar-refractivity contribution in [1.82, 2.24) is 9.97 Å². The minimum atomic E-state index is -3.85. The maximum Gasteiger partial charge on any atom is 0.272 e. The van der Waals surface area contributed by atoms with Crippen LogP contribution < -0.4 is 10.0 Å². The Kier molecular flexibility index (Phi) is 5.16. The molecule has 0 radical (unpaired) electrons. The van der Waals surface area contributed by atoms with E-state index in [2.05, 4.69) is 20.0 Å². The van der Waals surface area contributed by atoms with E-state index in [4.69, 9.17) is 11.6 Å². The molecule has 6 nitrogen and oxygen atoms in total. The van der Waals surface area contributed by atoms with Crippen LogP contribution in [0.5, 0.6) is 0 Å². The first kappa shape index (κ1) is 19.6. The summed E-state index contributed by atoms with van der Waals surface area (Å²) < 4.78 is 28.7. The summed E-state index contributed by atoms with van der Waals surface area (Å²) in [4.78, 5) is 9.10. The monoisotopic (exact) mass is 444 g/mol. The molecule has 0 atom stereocenters. The van der Waals surface area contributed by atoms with Gasteiger partial charge in [0.25, 0.3) is 10.0 Å². The van der Waals surface area contributed by atoms with E-state index in [1.165, 1.54) is 6.07 Å². The zero-order valence-electron chi connectivity index (χ0n) is 15.6. The van der Waals surface area contributed by atoms with Gasteiger partial charge in [-0.25, -0.2) is 18.4 Å². The molecular weight excluding hydrogens is 428 g/mol. The van der Waals surface area contributed by atoms with Crippen LogP contribution in [-0.2, 0) is 10.0 Å². The number of nitrogens with zero attached hydrogens (tertiary/aromatic N) is 2. The van der Waals surface area contributed by atoms with E-state index < -0.39 is 10.0 Å². The summed E-state index contributed by atoms with van der Waals surface area (Å²) >= 11 is 6.88. The first-order valence-electron chi connectivity index (χ1n) is 8.71. The number of rotatable bonds is 5. The summed E-state index contributed by atoms with van der Waals surface area (Å²) in [5, 5.41) is 3.23. The van der Waals surface area contributed by atoms with E-state index in [0.29, 0.717) is 21.2 Å². The molecule has 0 aliphatic heterocycles. The van der Waals surface area contributed by atoms with E-state index in [9.17, 15) is 8.42 Å². The first-order chi connectivity index (χ1) is 13.8. The van der Waals surface area contributed by atoms with Gasteiger partial charge in [-0.1, -0.05) is 35.9 Å². The summed E-state index contributed by atoms with van der Waals surface area (Å²) in [5.74, 6) is 0.442. The van der Waals surface area contributed by atoms with Gasteiger partial charge in [0.2, 0.25) is 0 Å². The van der Waals surface area contributed by atoms with Crippen molar-refractivity contribution in [2.24, 2.45) is 0 Å². The van der Waals surface area contributed by atoms with Gasteiger partial charge in [0.15, 0.2) is 11.6 Å². The number of para-hydroxylation sites is 2. The predicted octanol–water partition coefficient (Wildman–Crippen LogP) is 5.51. The fraction of sp³-hybridized carbons (Fsp3) is 0.100. The van der Waals surface area contributed by atoms with Gasteiger partial charge >= 0.3 is 0 Å². The van der Waals surface area contributed by atoms with Crippen LogP contribution in [0.25, 0.3) is 11.0 Å². The predicted molar refractivity (Wildman–Crippen MR) is 119 cm³/mol. The highest BCUT2D eigenvalue weighted by molar-refractivity contribution is 7.94. The lowest BCUT2D eigenvalue weighted by Gasteiger charge is -2.15. The van der Waals surface area contributed by atoms with Gasteiger partial charge in [-0.2, -0.15) is 0 Å². The second-order valence-electron chi connectivity index (χ2n) is 6.52. The van der Waals surface area contributed by atoms with Crippen LogP contribution in [-0.4, -0.2) is 18.4 Å². The van der Waals surface area contributed by atoms with Crippen LogP contribution >= 0.6 is 22.9 Å². The van der Waals surface area contributed by atoms with Crippen LogP contribution in [0.3, 0.4) is 0 Å². The van der Waals surface area contributed by atoms with Gasteiger partial charge in [0.05, 0.1) is 15.4 Å². The lowest BCUT2D eigenvalue weighted by Crippen LogP contribution is -2.15. The van der Waals surface area contributed by atoms with Crippen LogP contribution in [0.15, 0.2) is 58.8 Å². The molecule has 0 fully saturated rings. The fourth-order valence-electron chi connectivity index (χ4n) is 2.78. The molecule has 4 rings (SSSR count). The molecular formula is C20H17ClN4O2S2. The van der Waals surface area contributed by atoms with Crippen molar-refractivity contribution in [3.05, 3.63) is 70.1 Å². The van der Waals surface area contributed by atoms with Crippen molar-refractivity contribution in [2.45, 2.75) is 18.1 Å². The topological polar surface area (TPSA) is 84.0 Å². The largest absolute Gasteiger partial charge is 0.337 e. The van der Waals surface area contributed by atoms with E-state index in [1.54, 1.807) is 12.1 Å². The standard InChI is InChI=1S/C20H17ClN4O2S2/c1-12-7-8-13(2)16(11-12)24-19-20(23-15-6-4-3-5-14(15)22-19)25-29(26,27)18-10-9-17(21)28-18/h3-11H,1-2H3,(H,22,24)(H,23,25). The Labute approximate surface area is 177 Å². The number of halogens is 1. The van der Waals surface area contributed by atoms with Crippen molar-refractivity contribution < 1.29 is 8.42 Å². The lowest BCUT2D eigenvalue weighted by atomic mass is 10.1. The highest BCUT2D eigenvalue weighted by atomic mass is 35.5. The van der Waals surface area contributed by atoms with Crippen molar-refractivity contribution in [1.29, 1.82) is 0 Å². The number of aromatic nitrogens is 2. The summed E-state index contributed by atoms with van der Waals surface area (Å²) in [6.45, 7) is 3.95. The Hall–Kier alpha value is -2.68. The minimum Gasteiger partial charge on any atom is -0.337 e. The van der Waals surface area contributed by atoms with E-state index in [1.807, 2.05) is 50.2 Å². The van der Waals surface area contributed by atoms with Gasteiger partial charge in [0.1, 0.15) is 4.21 Å². The minimum absolute atomic E-state index is 0.107. The average Bonchev–Trinajstić information content (AvgIpc) is 3.12. The molecule has 148 valence electrons. The van der Waals surface area contributed by atoms with E-state index in [-0.39, 0.29) is 10.0 Å². The van der Waals surface area contributed by atoms with E-state index in [0.717, 1.165) is 28.2 Å². The third kappa shape index (κ3) is 4.19. The normalized spacial score (nSPS) is 11.6. The SMILES string of the molecule is Cc1ccc(C)c(Nc2nc3ccccc3nc2NS(=O)(=O)c2ccc(Cl)s2)c1. The molecule has 0 saturated carbocycles. The van der Waals surface area contributed by atoms with E-state index >= 15 is 0 Å². The van der Waals surface area contributed by atoms with Gasteiger partial charge in [-0.15, -0.1) is 11.3 Å². The summed E-state index contributed by atoms with van der Waals surface area (Å²) in [6, 6.07) is 16.3. The Morgan fingerprint density at radius 3 is 2.28 bits per heavy atom. The number of hydrogen-bond acceptors (Lipinski definition) is 6. The Morgan fingerprint density at radius 1 is 0.931 bits per heavy atom. The van der Waals surface area contributed by atoms with Crippen LogP contribution in [0, 0.1) is 13.8 Å². The number of fused-ring (bicyclic) bond motifs is 1. The maximum absolute atomic E-state index is 12.8. The molecule has 2 aromatic carbocycles. The molecule has 0 aliphatic carbocycles. The lowest BCUT2D eigenvalue weighted by molar-refractivity contribution is 0.603. The van der Waals surface area contributed by atoms with Gasteiger partial charge in [-0.05, 0) is 55.3 Å². The number of thiophene rings is 1. The molecule has 2 aromatic heterocycles. The molecule has 0 aliphatic rings. The molecule has 29 heavy (non-hydrogen) atoms. The third-order valence-electron chi connectivity index (χ3n) is 4.26.